The number of hydroxylamine groups is 1. The summed E-state index contributed by atoms with van der Waals surface area (Å²) in [6, 6.07) is 15.3. The maximum atomic E-state index is 14.6. The van der Waals surface area contributed by atoms with E-state index >= 15 is 0 Å². The molecule has 2 aromatic heterocycles. The third-order valence-electron chi connectivity index (χ3n) is 9.76. The van der Waals surface area contributed by atoms with Crippen LogP contribution < -0.4 is 25.7 Å². The van der Waals surface area contributed by atoms with E-state index in [1.54, 1.807) is 17.0 Å². The first kappa shape index (κ1) is 34.9. The quantitative estimate of drug-likeness (QED) is 0.147. The van der Waals surface area contributed by atoms with Crippen LogP contribution in [0.2, 0.25) is 0 Å². The topological polar surface area (TPSA) is 135 Å². The maximum absolute atomic E-state index is 14.6. The molecule has 1 saturated heterocycles. The van der Waals surface area contributed by atoms with Crippen molar-refractivity contribution >= 4 is 55.7 Å². The molecule has 0 bridgehead atoms. The van der Waals surface area contributed by atoms with E-state index in [0.717, 1.165) is 41.6 Å². The minimum Gasteiger partial charge on any atom is -0.465 e. The molecule has 3 amide bonds. The molecule has 1 aliphatic carbocycles. The fourth-order valence-electron chi connectivity index (χ4n) is 6.73. The van der Waals surface area contributed by atoms with E-state index in [0.29, 0.717) is 28.9 Å². The minimum atomic E-state index is -1.20. The molecule has 4 heterocycles. The normalized spacial score (nSPS) is 26.2. The highest BCUT2D eigenvalue weighted by atomic mass is 32.1. The molecule has 13 heteroatoms. The predicted molar refractivity (Wildman–Crippen MR) is 199 cm³/mol. The Morgan fingerprint density at radius 2 is 1.84 bits per heavy atom. The Morgan fingerprint density at radius 3 is 2.63 bits per heavy atom. The van der Waals surface area contributed by atoms with Crippen LogP contribution in [-0.4, -0.2) is 62.9 Å². The van der Waals surface area contributed by atoms with E-state index < -0.39 is 35.5 Å². The van der Waals surface area contributed by atoms with Gasteiger partial charge in [-0.2, -0.15) is 5.48 Å². The number of nitrogens with zero attached hydrogens (tertiary/aromatic N) is 3. The maximum Gasteiger partial charge on any atom is 0.278 e. The van der Waals surface area contributed by atoms with Gasteiger partial charge in [0.15, 0.2) is 10.9 Å². The minimum absolute atomic E-state index is 0.131. The molecule has 0 spiro atoms. The lowest BCUT2D eigenvalue weighted by atomic mass is 9.93. The lowest BCUT2D eigenvalue weighted by Gasteiger charge is -2.29. The molecule has 5 atom stereocenters. The summed E-state index contributed by atoms with van der Waals surface area (Å²) in [5.74, 6) is -0.751. The van der Waals surface area contributed by atoms with Crippen LogP contribution in [0.3, 0.4) is 0 Å². The number of nitrogens with one attached hydrogen (secondary N) is 3. The van der Waals surface area contributed by atoms with Crippen LogP contribution in [0.15, 0.2) is 72.1 Å². The van der Waals surface area contributed by atoms with E-state index in [1.165, 1.54) is 22.7 Å². The van der Waals surface area contributed by atoms with E-state index in [9.17, 15) is 14.4 Å². The molecule has 0 unspecified atom stereocenters. The number of thiazole rings is 2. The van der Waals surface area contributed by atoms with Crippen LogP contribution in [0.1, 0.15) is 71.4 Å². The van der Waals surface area contributed by atoms with E-state index in [1.807, 2.05) is 53.9 Å². The van der Waals surface area contributed by atoms with Gasteiger partial charge in [-0.15, -0.1) is 11.3 Å². The Labute approximate surface area is 305 Å². The zero-order valence-corrected chi connectivity index (χ0v) is 30.7. The molecule has 51 heavy (non-hydrogen) atoms. The summed E-state index contributed by atoms with van der Waals surface area (Å²) in [6.07, 6.45) is 8.48. The van der Waals surface area contributed by atoms with E-state index in [2.05, 4.69) is 47.9 Å². The average Bonchev–Trinajstić information content (AvgIpc) is 3.49. The van der Waals surface area contributed by atoms with Crippen LogP contribution in [0.4, 0.5) is 5.13 Å². The number of carbonyl (C=O) groups excluding carboxylic acids is 3. The van der Waals surface area contributed by atoms with Gasteiger partial charge in [0.05, 0.1) is 22.5 Å². The molecule has 7 rings (SSSR count). The highest BCUT2D eigenvalue weighted by molar-refractivity contribution is 7.20. The third kappa shape index (κ3) is 7.89. The number of aromatic nitrogens is 2. The molecule has 11 nitrogen and oxygen atoms in total. The SMILES string of the molecule is CC(C)(C)c1csc(N[C@H]2CCCCC/C=C\[C@@H]3C[C@@]3(C(=O)NOc3ccccc3)NC(=O)[C@@H]3C[C@@H](Oc4nc5ccccc5s4)CN3C2=O)n1. The smallest absolute Gasteiger partial charge is 0.278 e. The first-order valence-electron chi connectivity index (χ1n) is 17.7. The summed E-state index contributed by atoms with van der Waals surface area (Å²) >= 11 is 2.92. The molecule has 268 valence electrons. The molecule has 3 aliphatic rings. The summed E-state index contributed by atoms with van der Waals surface area (Å²) in [6.45, 7) is 6.54. The van der Waals surface area contributed by atoms with Crippen molar-refractivity contribution in [2.75, 3.05) is 11.9 Å². The Kier molecular flexibility index (Phi) is 10.0. The second-order valence-electron chi connectivity index (χ2n) is 14.6. The van der Waals surface area contributed by atoms with Crippen LogP contribution in [0.25, 0.3) is 10.2 Å². The number of ether oxygens (including phenoxy) is 1. The van der Waals surface area contributed by atoms with Crippen LogP contribution in [-0.2, 0) is 19.8 Å². The zero-order valence-electron chi connectivity index (χ0n) is 29.1. The Balaban J connectivity index is 1.16. The van der Waals surface area contributed by atoms with Crippen LogP contribution in [0, 0.1) is 5.92 Å². The number of hydrogen-bond acceptors (Lipinski definition) is 10. The first-order valence-corrected chi connectivity index (χ1v) is 19.3. The van der Waals surface area contributed by atoms with Crippen LogP contribution in [0.5, 0.6) is 10.9 Å². The fourth-order valence-corrected chi connectivity index (χ4v) is 8.60. The van der Waals surface area contributed by atoms with Crippen molar-refractivity contribution in [1.82, 2.24) is 25.7 Å². The monoisotopic (exact) mass is 728 g/mol. The summed E-state index contributed by atoms with van der Waals surface area (Å²) in [4.78, 5) is 59.4. The van der Waals surface area contributed by atoms with Gasteiger partial charge in [-0.05, 0) is 49.9 Å². The number of hydrogen-bond donors (Lipinski definition) is 3. The highest BCUT2D eigenvalue weighted by Crippen LogP contribution is 2.45. The van der Waals surface area contributed by atoms with Gasteiger partial charge in [-0.1, -0.05) is 87.4 Å². The molecule has 2 aromatic carbocycles. The molecule has 2 fully saturated rings. The van der Waals surface area contributed by atoms with Gasteiger partial charge in [0.1, 0.15) is 23.7 Å². The van der Waals surface area contributed by atoms with Crippen molar-refractivity contribution < 1.29 is 24.0 Å². The molecule has 3 N–H and O–H groups in total. The van der Waals surface area contributed by atoms with Crippen molar-refractivity contribution in [2.45, 2.75) is 94.9 Å². The van der Waals surface area contributed by atoms with E-state index in [4.69, 9.17) is 14.6 Å². The molecule has 2 aliphatic heterocycles. The molecule has 1 saturated carbocycles. The molecular formula is C38H44N6O5S2. The number of benzene rings is 2. The number of allylic oxidation sites excluding steroid dienone is 1. The number of anilines is 1. The van der Waals surface area contributed by atoms with Gasteiger partial charge in [-0.3, -0.25) is 14.4 Å². The number of amides is 3. The standard InChI is InChI=1S/C38H44N6O5S2/c1-37(2,3)31-23-50-35(41-31)39-28-18-11-6-4-5-8-14-24-21-38(24,34(47)43-49-25-15-9-7-10-16-25)42-32(45)29-20-26(22-44(29)33(28)46)48-36-40-27-17-12-13-19-30(27)51-36/h7-10,12-17,19,23-24,26,28-29H,4-6,11,18,20-22H2,1-3H3,(H,39,41)(H,42,45)(H,43,47)/b14-8-/t24-,26-,28+,29+,38-/m1/s1. The lowest BCUT2D eigenvalue weighted by molar-refractivity contribution is -0.141. The van der Waals surface area contributed by atoms with Gasteiger partial charge in [-0.25, -0.2) is 9.97 Å². The van der Waals surface area contributed by atoms with Gasteiger partial charge in [0.25, 0.3) is 11.1 Å². The Morgan fingerprint density at radius 1 is 1.04 bits per heavy atom. The Hall–Kier alpha value is -4.49. The highest BCUT2D eigenvalue weighted by Gasteiger charge is 2.61. The lowest BCUT2D eigenvalue weighted by Crippen LogP contribution is -2.57. The van der Waals surface area contributed by atoms with Crippen molar-refractivity contribution in [1.29, 1.82) is 0 Å². The number of fused-ring (bicyclic) bond motifs is 3. The fraction of sp³-hybridized carbons (Fsp3) is 0.447. The van der Waals surface area contributed by atoms with Gasteiger partial charge >= 0.3 is 0 Å². The van der Waals surface area contributed by atoms with Crippen molar-refractivity contribution in [2.24, 2.45) is 5.92 Å². The van der Waals surface area contributed by atoms with E-state index in [-0.39, 0.29) is 30.2 Å². The summed E-state index contributed by atoms with van der Waals surface area (Å²) < 4.78 is 7.38. The van der Waals surface area contributed by atoms with Gasteiger partial charge in [0.2, 0.25) is 11.8 Å². The number of para-hydroxylation sites is 2. The molecular weight excluding hydrogens is 685 g/mol. The molecule has 0 radical (unpaired) electrons. The number of carbonyl (C=O) groups is 3. The van der Waals surface area contributed by atoms with Crippen molar-refractivity contribution in [3.05, 3.63) is 77.8 Å². The zero-order chi connectivity index (χ0) is 35.6. The number of rotatable bonds is 7. The average molecular weight is 729 g/mol. The second-order valence-corrected chi connectivity index (χ2v) is 16.4. The summed E-state index contributed by atoms with van der Waals surface area (Å²) in [5, 5.41) is 9.71. The van der Waals surface area contributed by atoms with Gasteiger partial charge in [0, 0.05) is 23.1 Å². The largest absolute Gasteiger partial charge is 0.465 e. The second kappa shape index (κ2) is 14.6. The van der Waals surface area contributed by atoms with Crippen LogP contribution >= 0.6 is 22.7 Å². The van der Waals surface area contributed by atoms with Crippen molar-refractivity contribution in [3.8, 4) is 10.9 Å². The van der Waals surface area contributed by atoms with Gasteiger partial charge < -0.3 is 25.1 Å². The third-order valence-corrected chi connectivity index (χ3v) is 11.5. The van der Waals surface area contributed by atoms with Crippen molar-refractivity contribution in [3.63, 3.8) is 0 Å². The summed E-state index contributed by atoms with van der Waals surface area (Å²) in [7, 11) is 0. The summed E-state index contributed by atoms with van der Waals surface area (Å²) in [5.41, 5.74) is 3.02. The first-order chi connectivity index (χ1) is 24.6. The molecule has 4 aromatic rings. The predicted octanol–water partition coefficient (Wildman–Crippen LogP) is 6.38. The Bertz CT molecular complexity index is 1870.